The molecule has 0 saturated carbocycles. The Hall–Kier alpha value is -3.95. The summed E-state index contributed by atoms with van der Waals surface area (Å²) in [5.41, 5.74) is 0.830. The molecule has 2 aliphatic heterocycles. The van der Waals surface area contributed by atoms with Crippen LogP contribution in [-0.2, 0) is 20.5 Å². The minimum Gasteiger partial charge on any atom is -0.492 e. The second kappa shape index (κ2) is 15.5. The summed E-state index contributed by atoms with van der Waals surface area (Å²) >= 11 is 12.5. The first-order valence-corrected chi connectivity index (χ1v) is 16.3. The highest BCUT2D eigenvalue weighted by Gasteiger charge is 2.34. The van der Waals surface area contributed by atoms with E-state index < -0.39 is 34.5 Å². The first-order chi connectivity index (χ1) is 22.9. The predicted octanol–water partition coefficient (Wildman–Crippen LogP) is 6.67. The van der Waals surface area contributed by atoms with Crippen LogP contribution in [0.15, 0.2) is 65.6 Å². The fourth-order valence-corrected chi connectivity index (χ4v) is 6.62. The average molecular weight is 720 g/mol. The highest BCUT2D eigenvalue weighted by atomic mass is 35.5. The SMILES string of the molecule is O=C(CCN1C(=O)/C(=C/c2ccc(OCCN3CCOCC3)c(-c3ccc(C(F)(F)F)c(Cl)c3)c2)SC1=S)Nc1cccc(C(=O)O)c1. The molecule has 9 nitrogen and oxygen atoms in total. The van der Waals surface area contributed by atoms with Gasteiger partial charge in [-0.15, -0.1) is 0 Å². The Morgan fingerprint density at radius 2 is 1.85 bits per heavy atom. The van der Waals surface area contributed by atoms with E-state index in [1.807, 2.05) is 0 Å². The highest BCUT2D eigenvalue weighted by Crippen LogP contribution is 2.40. The maximum atomic E-state index is 13.4. The molecule has 2 amide bonds. The Kier molecular flexibility index (Phi) is 11.4. The number of carbonyl (C=O) groups excluding carboxylic acids is 2. The number of ether oxygens (including phenoxy) is 2. The van der Waals surface area contributed by atoms with Gasteiger partial charge in [0.1, 0.15) is 16.7 Å². The molecule has 3 aromatic rings. The van der Waals surface area contributed by atoms with Gasteiger partial charge in [-0.3, -0.25) is 19.4 Å². The molecule has 0 aliphatic carbocycles. The fraction of sp³-hybridized carbons (Fsp3) is 0.273. The van der Waals surface area contributed by atoms with Crippen molar-refractivity contribution in [3.63, 3.8) is 0 Å². The third-order valence-electron chi connectivity index (χ3n) is 7.48. The molecular weight excluding hydrogens is 691 g/mol. The zero-order valence-corrected chi connectivity index (χ0v) is 27.6. The molecule has 252 valence electrons. The number of benzene rings is 3. The molecule has 2 saturated heterocycles. The zero-order chi connectivity index (χ0) is 34.4. The van der Waals surface area contributed by atoms with Crippen molar-refractivity contribution < 1.29 is 42.1 Å². The number of hydrogen-bond donors (Lipinski definition) is 2. The number of halogens is 4. The molecular formula is C33H29ClF3N3O6S2. The normalized spacial score (nSPS) is 16.4. The number of carboxylic acid groups (broad SMARTS) is 1. The number of morpholine rings is 1. The first kappa shape index (κ1) is 35.4. The van der Waals surface area contributed by atoms with Gasteiger partial charge in [-0.25, -0.2) is 4.79 Å². The van der Waals surface area contributed by atoms with Crippen LogP contribution in [0.4, 0.5) is 18.9 Å². The second-order valence-electron chi connectivity index (χ2n) is 10.8. The average Bonchev–Trinajstić information content (AvgIpc) is 3.31. The molecule has 2 fully saturated rings. The van der Waals surface area contributed by atoms with Crippen LogP contribution < -0.4 is 10.1 Å². The summed E-state index contributed by atoms with van der Waals surface area (Å²) in [7, 11) is 0. The molecule has 2 heterocycles. The summed E-state index contributed by atoms with van der Waals surface area (Å²) in [4.78, 5) is 40.8. The molecule has 0 bridgehead atoms. The van der Waals surface area contributed by atoms with E-state index in [4.69, 9.17) is 38.4 Å². The monoisotopic (exact) mass is 719 g/mol. The molecule has 5 rings (SSSR count). The molecule has 48 heavy (non-hydrogen) atoms. The smallest absolute Gasteiger partial charge is 0.417 e. The van der Waals surface area contributed by atoms with E-state index in [1.165, 1.54) is 35.2 Å². The zero-order valence-electron chi connectivity index (χ0n) is 25.2. The molecule has 0 radical (unpaired) electrons. The lowest BCUT2D eigenvalue weighted by atomic mass is 10.00. The standard InChI is InChI=1S/C33H29ClF3N3O6S2/c34-26-19-21(5-6-25(26)33(35,36)37)24-16-20(4-7-27(24)46-15-12-39-10-13-45-14-11-39)17-28-30(42)40(32(47)48-28)9-8-29(41)38-23-3-1-2-22(18-23)31(43)44/h1-7,16-19H,8-15H2,(H,38,41)(H,43,44)/b28-17-. The Balaban J connectivity index is 1.32. The number of thiocarbonyl (C=S) groups is 1. The van der Waals surface area contributed by atoms with Crippen LogP contribution in [-0.4, -0.2) is 83.0 Å². The van der Waals surface area contributed by atoms with E-state index in [0.717, 1.165) is 30.9 Å². The minimum absolute atomic E-state index is 0.00230. The van der Waals surface area contributed by atoms with Crippen LogP contribution in [0.25, 0.3) is 17.2 Å². The van der Waals surface area contributed by atoms with Crippen LogP contribution in [0.3, 0.4) is 0 Å². The third-order valence-corrected chi connectivity index (χ3v) is 9.18. The number of carbonyl (C=O) groups is 3. The molecule has 0 spiro atoms. The van der Waals surface area contributed by atoms with Crippen molar-refractivity contribution in [2.75, 3.05) is 51.3 Å². The largest absolute Gasteiger partial charge is 0.492 e. The van der Waals surface area contributed by atoms with Gasteiger partial charge >= 0.3 is 12.1 Å². The van der Waals surface area contributed by atoms with Gasteiger partial charge in [0, 0.05) is 43.9 Å². The third kappa shape index (κ3) is 8.94. The maximum absolute atomic E-state index is 13.4. The maximum Gasteiger partial charge on any atom is 0.417 e. The minimum atomic E-state index is -4.62. The number of carboxylic acids is 1. The fourth-order valence-electron chi connectivity index (χ4n) is 5.02. The quantitative estimate of drug-likeness (QED) is 0.166. The van der Waals surface area contributed by atoms with E-state index in [9.17, 15) is 27.6 Å². The van der Waals surface area contributed by atoms with Gasteiger partial charge < -0.3 is 19.9 Å². The van der Waals surface area contributed by atoms with Crippen LogP contribution in [0.1, 0.15) is 27.9 Å². The Bertz CT molecular complexity index is 1760. The number of aromatic carboxylic acids is 1. The van der Waals surface area contributed by atoms with E-state index in [-0.39, 0.29) is 22.8 Å². The number of thioether (sulfide) groups is 1. The van der Waals surface area contributed by atoms with E-state index in [0.29, 0.717) is 59.4 Å². The molecule has 15 heteroatoms. The summed E-state index contributed by atoms with van der Waals surface area (Å²) in [6.07, 6.45) is -3.09. The Morgan fingerprint density at radius 1 is 1.08 bits per heavy atom. The van der Waals surface area contributed by atoms with Gasteiger partial charge in [-0.1, -0.05) is 53.8 Å². The number of nitrogens with zero attached hydrogens (tertiary/aromatic N) is 2. The molecule has 2 N–H and O–H groups in total. The molecule has 0 atom stereocenters. The molecule has 0 aromatic heterocycles. The number of hydrogen-bond acceptors (Lipinski definition) is 8. The summed E-state index contributed by atoms with van der Waals surface area (Å²) in [5, 5.41) is 11.3. The lowest BCUT2D eigenvalue weighted by molar-refractivity contribution is -0.137. The lowest BCUT2D eigenvalue weighted by Crippen LogP contribution is -2.38. The summed E-state index contributed by atoms with van der Waals surface area (Å²) in [5.74, 6) is -1.53. The van der Waals surface area contributed by atoms with Gasteiger partial charge in [0.15, 0.2) is 0 Å². The lowest BCUT2D eigenvalue weighted by Gasteiger charge is -2.26. The van der Waals surface area contributed by atoms with Crippen molar-refractivity contribution in [3.8, 4) is 16.9 Å². The predicted molar refractivity (Wildman–Crippen MR) is 181 cm³/mol. The molecule has 0 unspecified atom stereocenters. The number of nitrogens with one attached hydrogen (secondary N) is 1. The topological polar surface area (TPSA) is 108 Å². The van der Waals surface area contributed by atoms with Crippen molar-refractivity contribution in [3.05, 3.63) is 87.3 Å². The van der Waals surface area contributed by atoms with Gasteiger partial charge in [-0.2, -0.15) is 13.2 Å². The number of amides is 2. The van der Waals surface area contributed by atoms with Crippen molar-refractivity contribution >= 4 is 69.4 Å². The summed E-state index contributed by atoms with van der Waals surface area (Å²) in [6, 6.07) is 14.4. The van der Waals surface area contributed by atoms with Gasteiger partial charge in [-0.05, 0) is 59.7 Å². The van der Waals surface area contributed by atoms with Gasteiger partial charge in [0.2, 0.25) is 5.91 Å². The van der Waals surface area contributed by atoms with E-state index in [1.54, 1.807) is 30.3 Å². The van der Waals surface area contributed by atoms with Gasteiger partial charge in [0.25, 0.3) is 5.91 Å². The summed E-state index contributed by atoms with van der Waals surface area (Å²) in [6.45, 7) is 3.77. The van der Waals surface area contributed by atoms with Crippen LogP contribution in [0.2, 0.25) is 5.02 Å². The second-order valence-corrected chi connectivity index (χ2v) is 12.9. The van der Waals surface area contributed by atoms with Crippen molar-refractivity contribution in [2.24, 2.45) is 0 Å². The Labute approximate surface area is 288 Å². The van der Waals surface area contributed by atoms with Crippen molar-refractivity contribution in [2.45, 2.75) is 12.6 Å². The van der Waals surface area contributed by atoms with Crippen LogP contribution >= 0.6 is 35.6 Å². The number of alkyl halides is 3. The number of rotatable bonds is 11. The molecule has 3 aromatic carbocycles. The highest BCUT2D eigenvalue weighted by molar-refractivity contribution is 8.26. The van der Waals surface area contributed by atoms with Crippen molar-refractivity contribution in [1.29, 1.82) is 0 Å². The van der Waals surface area contributed by atoms with Crippen LogP contribution in [0.5, 0.6) is 5.75 Å². The molecule has 2 aliphatic rings. The van der Waals surface area contributed by atoms with Crippen LogP contribution in [0, 0.1) is 0 Å². The van der Waals surface area contributed by atoms with Gasteiger partial charge in [0.05, 0.1) is 34.3 Å². The first-order valence-electron chi connectivity index (χ1n) is 14.7. The summed E-state index contributed by atoms with van der Waals surface area (Å²) < 4.78 is 52.0. The van der Waals surface area contributed by atoms with E-state index >= 15 is 0 Å². The van der Waals surface area contributed by atoms with Crippen molar-refractivity contribution in [1.82, 2.24) is 9.80 Å². The number of anilines is 1. The van der Waals surface area contributed by atoms with E-state index in [2.05, 4.69) is 10.2 Å². The Morgan fingerprint density at radius 3 is 2.56 bits per heavy atom.